The van der Waals surface area contributed by atoms with Gasteiger partial charge in [0.1, 0.15) is 0 Å². The van der Waals surface area contributed by atoms with Crippen molar-refractivity contribution >= 4 is 5.57 Å². The Labute approximate surface area is 153 Å². The van der Waals surface area contributed by atoms with Gasteiger partial charge in [-0.05, 0) is 40.0 Å². The lowest BCUT2D eigenvalue weighted by Crippen LogP contribution is -1.94. The van der Waals surface area contributed by atoms with Crippen molar-refractivity contribution in [2.75, 3.05) is 14.2 Å². The molecule has 0 amide bonds. The first-order valence-electron chi connectivity index (χ1n) is 8.25. The number of nitriles is 1. The maximum atomic E-state index is 9.24. The van der Waals surface area contributed by atoms with Crippen molar-refractivity contribution < 1.29 is 9.47 Å². The minimum absolute atomic E-state index is 0.634. The molecule has 0 radical (unpaired) electrons. The number of rotatable bonds is 5. The van der Waals surface area contributed by atoms with Crippen LogP contribution in [0.3, 0.4) is 0 Å². The molecule has 26 heavy (non-hydrogen) atoms. The maximum Gasteiger partial charge on any atom is 0.161 e. The number of nitrogens with zero attached hydrogens (tertiary/aromatic N) is 1. The average Bonchev–Trinajstić information content (AvgIpc) is 2.72. The summed E-state index contributed by atoms with van der Waals surface area (Å²) in [6, 6.07) is 26.2. The van der Waals surface area contributed by atoms with Gasteiger partial charge in [0.25, 0.3) is 0 Å². The number of hydrogen-bond donors (Lipinski definition) is 0. The molecule has 3 nitrogen and oxygen atoms in total. The largest absolute Gasteiger partial charge is 0.493 e. The summed E-state index contributed by atoms with van der Waals surface area (Å²) in [5.74, 6) is 1.29. The molecule has 0 aliphatic rings. The lowest BCUT2D eigenvalue weighted by molar-refractivity contribution is 0.355. The minimum atomic E-state index is 0.634. The van der Waals surface area contributed by atoms with Crippen LogP contribution < -0.4 is 9.47 Å². The molecular formula is C23H19NO2. The molecule has 0 aromatic heterocycles. The van der Waals surface area contributed by atoms with Crippen LogP contribution in [0, 0.1) is 11.3 Å². The Bertz CT molecular complexity index is 952. The zero-order valence-electron chi connectivity index (χ0n) is 14.8. The molecule has 0 N–H and O–H groups in total. The fourth-order valence-electron chi connectivity index (χ4n) is 2.87. The molecule has 128 valence electrons. The fraction of sp³-hybridized carbons (Fsp3) is 0.0870. The van der Waals surface area contributed by atoms with Crippen molar-refractivity contribution in [2.45, 2.75) is 0 Å². The molecule has 0 saturated carbocycles. The smallest absolute Gasteiger partial charge is 0.161 e. The van der Waals surface area contributed by atoms with E-state index in [0.717, 1.165) is 27.8 Å². The molecule has 0 aliphatic heterocycles. The average molecular weight is 341 g/mol. The Balaban J connectivity index is 1.99. The van der Waals surface area contributed by atoms with E-state index in [-0.39, 0.29) is 0 Å². The molecule has 3 aromatic carbocycles. The minimum Gasteiger partial charge on any atom is -0.493 e. The Morgan fingerprint density at radius 2 is 1.38 bits per heavy atom. The third-order valence-electron chi connectivity index (χ3n) is 4.21. The highest BCUT2D eigenvalue weighted by Crippen LogP contribution is 2.33. The van der Waals surface area contributed by atoms with E-state index in [4.69, 9.17) is 9.47 Å². The van der Waals surface area contributed by atoms with Crippen LogP contribution in [0.25, 0.3) is 16.7 Å². The van der Waals surface area contributed by atoms with Crippen molar-refractivity contribution in [3.05, 3.63) is 90.0 Å². The van der Waals surface area contributed by atoms with E-state index in [0.29, 0.717) is 11.5 Å². The van der Waals surface area contributed by atoms with Crippen LogP contribution in [0.15, 0.2) is 78.9 Å². The molecule has 0 unspecified atom stereocenters. The van der Waals surface area contributed by atoms with Gasteiger partial charge in [-0.1, -0.05) is 60.7 Å². The topological polar surface area (TPSA) is 42.2 Å². The Morgan fingerprint density at radius 3 is 2.00 bits per heavy atom. The van der Waals surface area contributed by atoms with Crippen LogP contribution >= 0.6 is 0 Å². The lowest BCUT2D eigenvalue weighted by Gasteiger charge is -2.12. The van der Waals surface area contributed by atoms with Crippen LogP contribution in [-0.2, 0) is 0 Å². The number of hydrogen-bond acceptors (Lipinski definition) is 3. The van der Waals surface area contributed by atoms with Gasteiger partial charge in [-0.25, -0.2) is 0 Å². The second-order valence-corrected chi connectivity index (χ2v) is 5.70. The van der Waals surface area contributed by atoms with E-state index in [1.165, 1.54) is 0 Å². The van der Waals surface area contributed by atoms with Crippen molar-refractivity contribution in [3.8, 4) is 28.7 Å². The van der Waals surface area contributed by atoms with Crippen molar-refractivity contribution in [3.63, 3.8) is 0 Å². The summed E-state index contributed by atoms with van der Waals surface area (Å²) in [6.07, 6.45) is 1.55. The van der Waals surface area contributed by atoms with Gasteiger partial charge in [0, 0.05) is 6.08 Å². The molecule has 0 spiro atoms. The van der Waals surface area contributed by atoms with E-state index >= 15 is 0 Å². The quantitative estimate of drug-likeness (QED) is 0.589. The molecule has 0 heterocycles. The maximum absolute atomic E-state index is 9.24. The zero-order chi connectivity index (χ0) is 18.4. The highest BCUT2D eigenvalue weighted by Gasteiger charge is 2.10. The molecule has 0 saturated heterocycles. The SMILES string of the molecule is COc1ccc(/C(=C\C#N)c2ccc(-c3ccccc3)cc2)cc1OC. The van der Waals surface area contributed by atoms with E-state index in [1.54, 1.807) is 20.3 Å². The second kappa shape index (κ2) is 8.04. The molecular weight excluding hydrogens is 322 g/mol. The normalized spacial score (nSPS) is 10.9. The Morgan fingerprint density at radius 1 is 0.769 bits per heavy atom. The number of benzene rings is 3. The van der Waals surface area contributed by atoms with Crippen LogP contribution in [0.1, 0.15) is 11.1 Å². The molecule has 3 rings (SSSR count). The molecule has 0 fully saturated rings. The molecule has 3 aromatic rings. The third kappa shape index (κ3) is 3.60. The summed E-state index contributed by atoms with van der Waals surface area (Å²) in [5, 5.41) is 9.24. The standard InChI is InChI=1S/C23H19NO2/c1-25-22-13-12-20(16-23(22)26-2)21(14-15-24)19-10-8-18(9-11-19)17-6-4-3-5-7-17/h3-14,16H,1-2H3/b21-14-. The highest BCUT2D eigenvalue weighted by molar-refractivity contribution is 5.83. The van der Waals surface area contributed by atoms with E-state index in [1.807, 2.05) is 48.5 Å². The number of methoxy groups -OCH3 is 2. The monoisotopic (exact) mass is 341 g/mol. The van der Waals surface area contributed by atoms with Gasteiger partial charge in [-0.15, -0.1) is 0 Å². The van der Waals surface area contributed by atoms with Crippen molar-refractivity contribution in [2.24, 2.45) is 0 Å². The molecule has 3 heteroatoms. The van der Waals surface area contributed by atoms with Crippen LogP contribution in [-0.4, -0.2) is 14.2 Å². The molecule has 0 aliphatic carbocycles. The fourth-order valence-corrected chi connectivity index (χ4v) is 2.87. The summed E-state index contributed by atoms with van der Waals surface area (Å²) < 4.78 is 10.7. The van der Waals surface area contributed by atoms with E-state index in [9.17, 15) is 5.26 Å². The van der Waals surface area contributed by atoms with Gasteiger partial charge in [-0.2, -0.15) is 5.26 Å². The van der Waals surface area contributed by atoms with E-state index in [2.05, 4.69) is 30.3 Å². The van der Waals surface area contributed by atoms with Gasteiger partial charge in [-0.3, -0.25) is 0 Å². The van der Waals surface area contributed by atoms with Crippen molar-refractivity contribution in [1.82, 2.24) is 0 Å². The number of allylic oxidation sites excluding steroid dienone is 1. The van der Waals surface area contributed by atoms with Crippen LogP contribution in [0.4, 0.5) is 0 Å². The Kier molecular flexibility index (Phi) is 5.36. The van der Waals surface area contributed by atoms with Crippen LogP contribution in [0.5, 0.6) is 11.5 Å². The summed E-state index contributed by atoms with van der Waals surface area (Å²) in [6.45, 7) is 0. The third-order valence-corrected chi connectivity index (χ3v) is 4.21. The molecule has 0 atom stereocenters. The van der Waals surface area contributed by atoms with Gasteiger partial charge in [0.2, 0.25) is 0 Å². The summed E-state index contributed by atoms with van der Waals surface area (Å²) in [4.78, 5) is 0. The van der Waals surface area contributed by atoms with Crippen LogP contribution in [0.2, 0.25) is 0 Å². The summed E-state index contributed by atoms with van der Waals surface area (Å²) >= 11 is 0. The summed E-state index contributed by atoms with van der Waals surface area (Å²) in [7, 11) is 3.20. The van der Waals surface area contributed by atoms with Gasteiger partial charge in [0.15, 0.2) is 11.5 Å². The highest BCUT2D eigenvalue weighted by atomic mass is 16.5. The van der Waals surface area contributed by atoms with Gasteiger partial charge in [0.05, 0.1) is 20.3 Å². The van der Waals surface area contributed by atoms with Gasteiger partial charge >= 0.3 is 0 Å². The summed E-state index contributed by atoms with van der Waals surface area (Å²) in [5.41, 5.74) is 5.01. The number of ether oxygens (including phenoxy) is 2. The van der Waals surface area contributed by atoms with Crippen molar-refractivity contribution in [1.29, 1.82) is 5.26 Å². The van der Waals surface area contributed by atoms with E-state index < -0.39 is 0 Å². The predicted octanol–water partition coefficient (Wildman–Crippen LogP) is 5.33. The Hall–Kier alpha value is -3.51. The lowest BCUT2D eigenvalue weighted by atomic mass is 9.95. The molecule has 0 bridgehead atoms. The first kappa shape index (κ1) is 17.3. The van der Waals surface area contributed by atoms with Gasteiger partial charge < -0.3 is 9.47 Å². The second-order valence-electron chi connectivity index (χ2n) is 5.70. The zero-order valence-corrected chi connectivity index (χ0v) is 14.8. The predicted molar refractivity (Wildman–Crippen MR) is 104 cm³/mol. The first-order valence-corrected chi connectivity index (χ1v) is 8.25. The first-order chi connectivity index (χ1) is 12.8.